The molecule has 31 heavy (non-hydrogen) atoms. The topological polar surface area (TPSA) is 51.7 Å². The first-order valence-electron chi connectivity index (χ1n) is 10.4. The van der Waals surface area contributed by atoms with Crippen LogP contribution in [-0.2, 0) is 9.53 Å². The van der Waals surface area contributed by atoms with Gasteiger partial charge in [-0.25, -0.2) is 9.37 Å². The third kappa shape index (κ3) is 5.75. The number of amides is 1. The highest BCUT2D eigenvalue weighted by molar-refractivity contribution is 7.99. The molecule has 3 aromatic rings. The summed E-state index contributed by atoms with van der Waals surface area (Å²) in [6.07, 6.45) is 3.17. The van der Waals surface area contributed by atoms with Gasteiger partial charge in [0.2, 0.25) is 5.91 Å². The van der Waals surface area contributed by atoms with Gasteiger partial charge in [-0.15, -0.1) is 11.8 Å². The van der Waals surface area contributed by atoms with Crippen LogP contribution in [0.25, 0.3) is 10.2 Å². The normalized spacial score (nSPS) is 16.0. The van der Waals surface area contributed by atoms with E-state index in [-0.39, 0.29) is 17.8 Å². The molecular formula is C23H25FN2O3S2. The zero-order valence-corrected chi connectivity index (χ0v) is 19.0. The lowest BCUT2D eigenvalue weighted by atomic mass is 10.2. The van der Waals surface area contributed by atoms with E-state index in [0.717, 1.165) is 47.0 Å². The average molecular weight is 461 g/mol. The smallest absolute Gasteiger partial charge is 0.228 e. The van der Waals surface area contributed by atoms with Gasteiger partial charge in [-0.2, -0.15) is 0 Å². The number of rotatable bonds is 9. The fourth-order valence-electron chi connectivity index (χ4n) is 3.50. The minimum absolute atomic E-state index is 0.0290. The van der Waals surface area contributed by atoms with E-state index < -0.39 is 0 Å². The molecule has 0 saturated carbocycles. The van der Waals surface area contributed by atoms with Crippen LogP contribution < -0.4 is 9.64 Å². The second-order valence-electron chi connectivity index (χ2n) is 7.38. The van der Waals surface area contributed by atoms with Crippen molar-refractivity contribution in [2.45, 2.75) is 36.7 Å². The minimum atomic E-state index is -0.296. The van der Waals surface area contributed by atoms with Crippen LogP contribution in [0.15, 0.2) is 47.4 Å². The maximum atomic E-state index is 13.6. The molecule has 0 aliphatic carbocycles. The average Bonchev–Trinajstić information content (AvgIpc) is 3.44. The second-order valence-corrected chi connectivity index (χ2v) is 9.55. The van der Waals surface area contributed by atoms with Crippen molar-refractivity contribution in [3.8, 4) is 5.75 Å². The molecular weight excluding hydrogens is 435 g/mol. The summed E-state index contributed by atoms with van der Waals surface area (Å²) in [6.45, 7) is 1.23. The number of carbonyl (C=O) groups excluding carboxylic acids is 1. The van der Waals surface area contributed by atoms with Crippen LogP contribution >= 0.6 is 23.1 Å². The number of carbonyl (C=O) groups is 1. The number of methoxy groups -OCH3 is 1. The van der Waals surface area contributed by atoms with E-state index >= 15 is 0 Å². The van der Waals surface area contributed by atoms with E-state index in [1.165, 1.54) is 23.5 Å². The van der Waals surface area contributed by atoms with Gasteiger partial charge in [0.15, 0.2) is 5.13 Å². The highest BCUT2D eigenvalue weighted by atomic mass is 32.2. The van der Waals surface area contributed by atoms with Gasteiger partial charge in [0.25, 0.3) is 0 Å². The Hall–Kier alpha value is -2.16. The van der Waals surface area contributed by atoms with Crippen molar-refractivity contribution in [1.82, 2.24) is 4.98 Å². The van der Waals surface area contributed by atoms with E-state index in [4.69, 9.17) is 9.47 Å². The molecule has 0 bridgehead atoms. The molecule has 1 saturated heterocycles. The number of nitrogens with zero attached hydrogens (tertiary/aromatic N) is 2. The molecule has 1 fully saturated rings. The summed E-state index contributed by atoms with van der Waals surface area (Å²) in [6, 6.07) is 12.4. The van der Waals surface area contributed by atoms with Crippen LogP contribution in [0.4, 0.5) is 9.52 Å². The van der Waals surface area contributed by atoms with Crippen LogP contribution in [0.2, 0.25) is 0 Å². The summed E-state index contributed by atoms with van der Waals surface area (Å²) >= 11 is 3.07. The fourth-order valence-corrected chi connectivity index (χ4v) is 5.37. The summed E-state index contributed by atoms with van der Waals surface area (Å²) < 4.78 is 25.3. The van der Waals surface area contributed by atoms with Gasteiger partial charge in [-0.1, -0.05) is 11.3 Å². The molecule has 1 atom stereocenters. The molecule has 2 aromatic carbocycles. The quantitative estimate of drug-likeness (QED) is 0.310. The zero-order valence-electron chi connectivity index (χ0n) is 17.4. The van der Waals surface area contributed by atoms with Gasteiger partial charge >= 0.3 is 0 Å². The summed E-state index contributed by atoms with van der Waals surface area (Å²) in [5.74, 6) is 1.41. The number of ether oxygens (including phenoxy) is 2. The lowest BCUT2D eigenvalue weighted by Crippen LogP contribution is -2.37. The molecule has 2 heterocycles. The molecule has 1 aliphatic heterocycles. The number of hydrogen-bond donors (Lipinski definition) is 0. The Labute approximate surface area is 189 Å². The Morgan fingerprint density at radius 3 is 2.90 bits per heavy atom. The number of hydrogen-bond acceptors (Lipinski definition) is 6. The number of benzene rings is 2. The molecule has 1 aromatic heterocycles. The summed E-state index contributed by atoms with van der Waals surface area (Å²) in [7, 11) is 1.65. The standard InChI is InChI=1S/C23H25FN2O3S2/c1-28-17-7-9-19(10-8-17)30-13-3-5-22(27)26(15-18-4-2-12-29-18)23-25-20-11-6-16(24)14-21(20)31-23/h6-11,14,18H,2-5,12-13,15H2,1H3. The van der Waals surface area contributed by atoms with Crippen molar-refractivity contribution in [2.24, 2.45) is 0 Å². The van der Waals surface area contributed by atoms with Crippen molar-refractivity contribution in [3.63, 3.8) is 0 Å². The Balaban J connectivity index is 1.39. The molecule has 0 spiro atoms. The minimum Gasteiger partial charge on any atom is -0.497 e. The lowest BCUT2D eigenvalue weighted by Gasteiger charge is -2.23. The molecule has 0 N–H and O–H groups in total. The third-order valence-electron chi connectivity index (χ3n) is 5.14. The van der Waals surface area contributed by atoms with Crippen molar-refractivity contribution in [2.75, 3.05) is 30.9 Å². The molecule has 1 unspecified atom stereocenters. The third-order valence-corrected chi connectivity index (χ3v) is 7.28. The fraction of sp³-hybridized carbons (Fsp3) is 0.391. The van der Waals surface area contributed by atoms with Gasteiger partial charge in [-0.3, -0.25) is 9.69 Å². The number of anilines is 1. The number of aromatic nitrogens is 1. The van der Waals surface area contributed by atoms with Gasteiger partial charge in [0, 0.05) is 17.9 Å². The largest absolute Gasteiger partial charge is 0.497 e. The van der Waals surface area contributed by atoms with Crippen LogP contribution in [-0.4, -0.2) is 43.0 Å². The van der Waals surface area contributed by atoms with Gasteiger partial charge in [0.05, 0.1) is 30.0 Å². The predicted molar refractivity (Wildman–Crippen MR) is 124 cm³/mol. The first kappa shape index (κ1) is 22.0. The van der Waals surface area contributed by atoms with Crippen molar-refractivity contribution in [3.05, 3.63) is 48.3 Å². The second kappa shape index (κ2) is 10.4. The van der Waals surface area contributed by atoms with E-state index in [1.807, 2.05) is 24.3 Å². The summed E-state index contributed by atoms with van der Waals surface area (Å²) in [5.41, 5.74) is 0.710. The van der Waals surface area contributed by atoms with E-state index in [1.54, 1.807) is 29.8 Å². The zero-order chi connectivity index (χ0) is 21.6. The van der Waals surface area contributed by atoms with Crippen LogP contribution in [0.5, 0.6) is 5.75 Å². The Morgan fingerprint density at radius 2 is 2.16 bits per heavy atom. The van der Waals surface area contributed by atoms with E-state index in [0.29, 0.717) is 23.6 Å². The molecule has 0 radical (unpaired) electrons. The Morgan fingerprint density at radius 1 is 1.32 bits per heavy atom. The first-order chi connectivity index (χ1) is 15.1. The highest BCUT2D eigenvalue weighted by Crippen LogP contribution is 2.31. The number of halogens is 1. The molecule has 4 rings (SSSR count). The predicted octanol–water partition coefficient (Wildman–Crippen LogP) is 5.53. The highest BCUT2D eigenvalue weighted by Gasteiger charge is 2.26. The molecule has 5 nitrogen and oxygen atoms in total. The number of thiazole rings is 1. The first-order valence-corrected chi connectivity index (χ1v) is 12.2. The van der Waals surface area contributed by atoms with Crippen molar-refractivity contribution in [1.29, 1.82) is 0 Å². The van der Waals surface area contributed by atoms with Crippen molar-refractivity contribution < 1.29 is 18.7 Å². The van der Waals surface area contributed by atoms with Crippen LogP contribution in [0.1, 0.15) is 25.7 Å². The molecule has 8 heteroatoms. The lowest BCUT2D eigenvalue weighted by molar-refractivity contribution is -0.119. The molecule has 1 aliphatic rings. The maximum Gasteiger partial charge on any atom is 0.228 e. The van der Waals surface area contributed by atoms with Crippen LogP contribution in [0.3, 0.4) is 0 Å². The monoisotopic (exact) mass is 460 g/mol. The maximum absolute atomic E-state index is 13.6. The molecule has 1 amide bonds. The summed E-state index contributed by atoms with van der Waals surface area (Å²) in [4.78, 5) is 20.6. The van der Waals surface area contributed by atoms with E-state index in [2.05, 4.69) is 4.98 Å². The van der Waals surface area contributed by atoms with Crippen LogP contribution in [0, 0.1) is 5.82 Å². The van der Waals surface area contributed by atoms with Gasteiger partial charge < -0.3 is 9.47 Å². The molecule has 164 valence electrons. The van der Waals surface area contributed by atoms with Gasteiger partial charge in [-0.05, 0) is 67.5 Å². The summed E-state index contributed by atoms with van der Waals surface area (Å²) in [5, 5.41) is 0.615. The SMILES string of the molecule is COc1ccc(SCCCC(=O)N(CC2CCCO2)c2nc3ccc(F)cc3s2)cc1. The van der Waals surface area contributed by atoms with E-state index in [9.17, 15) is 9.18 Å². The number of fused-ring (bicyclic) bond motifs is 1. The Kier molecular flexibility index (Phi) is 7.42. The number of thioether (sulfide) groups is 1. The Bertz CT molecular complexity index is 1020. The van der Waals surface area contributed by atoms with Gasteiger partial charge in [0.1, 0.15) is 11.6 Å². The van der Waals surface area contributed by atoms with Crippen molar-refractivity contribution >= 4 is 44.4 Å².